The Hall–Kier alpha value is -2.40. The fourth-order valence-electron chi connectivity index (χ4n) is 1.97. The highest BCUT2D eigenvalue weighted by Gasteiger charge is 2.10. The standard InChI is InChI=1S/C15H12N3O3P/c19-22(20,21)11-9-14(12-5-1-3-7-16-12)18-15(10-11)13-6-2-4-8-17-13/h1-10H,(H2,19,20,21)/p-2. The molecule has 110 valence electrons. The molecule has 3 heterocycles. The van der Waals surface area contributed by atoms with Gasteiger partial charge in [0.05, 0.1) is 22.8 Å². The van der Waals surface area contributed by atoms with Gasteiger partial charge in [0.25, 0.3) is 0 Å². The Kier molecular flexibility index (Phi) is 3.81. The number of hydrogen-bond donors (Lipinski definition) is 0. The van der Waals surface area contributed by atoms with E-state index < -0.39 is 7.60 Å². The highest BCUT2D eigenvalue weighted by Crippen LogP contribution is 2.27. The number of aromatic nitrogens is 3. The minimum Gasteiger partial charge on any atom is -0.807 e. The van der Waals surface area contributed by atoms with Gasteiger partial charge in [0.15, 0.2) is 0 Å². The SMILES string of the molecule is O=P([O-])([O-])c1cc(-c2ccccn2)nc(-c2ccccn2)c1. The van der Waals surface area contributed by atoms with Gasteiger partial charge >= 0.3 is 0 Å². The van der Waals surface area contributed by atoms with E-state index in [0.29, 0.717) is 22.8 Å². The van der Waals surface area contributed by atoms with Gasteiger partial charge in [-0.25, -0.2) is 4.98 Å². The first kappa shape index (κ1) is 14.5. The Morgan fingerprint density at radius 2 is 1.27 bits per heavy atom. The van der Waals surface area contributed by atoms with Crippen molar-refractivity contribution in [3.63, 3.8) is 0 Å². The smallest absolute Gasteiger partial charge is 0.0900 e. The summed E-state index contributed by atoms with van der Waals surface area (Å²) in [7, 11) is -4.91. The van der Waals surface area contributed by atoms with Crippen LogP contribution in [0.5, 0.6) is 0 Å². The summed E-state index contributed by atoms with van der Waals surface area (Å²) in [5.41, 5.74) is 1.58. The summed E-state index contributed by atoms with van der Waals surface area (Å²) >= 11 is 0. The molecule has 0 amide bonds. The molecule has 7 heteroatoms. The first-order valence-electron chi connectivity index (χ1n) is 6.41. The summed E-state index contributed by atoms with van der Waals surface area (Å²) in [6.45, 7) is 0. The van der Waals surface area contributed by atoms with Crippen LogP contribution in [0.3, 0.4) is 0 Å². The molecule has 0 aliphatic carbocycles. The van der Waals surface area contributed by atoms with E-state index >= 15 is 0 Å². The molecule has 0 fully saturated rings. The van der Waals surface area contributed by atoms with Crippen LogP contribution in [0.25, 0.3) is 22.8 Å². The minimum atomic E-state index is -4.91. The first-order valence-corrected chi connectivity index (χ1v) is 7.96. The molecule has 0 saturated carbocycles. The molecular weight excluding hydrogens is 301 g/mol. The zero-order valence-electron chi connectivity index (χ0n) is 11.3. The van der Waals surface area contributed by atoms with Gasteiger partial charge in [-0.3, -0.25) is 9.97 Å². The zero-order chi connectivity index (χ0) is 15.6. The summed E-state index contributed by atoms with van der Waals surface area (Å²) in [5.74, 6) is 0. The van der Waals surface area contributed by atoms with Gasteiger partial charge < -0.3 is 14.4 Å². The van der Waals surface area contributed by atoms with E-state index in [4.69, 9.17) is 0 Å². The molecular formula is C15H10N3O3P-2. The highest BCUT2D eigenvalue weighted by molar-refractivity contribution is 7.57. The van der Waals surface area contributed by atoms with E-state index in [2.05, 4.69) is 15.0 Å². The number of pyridine rings is 3. The van der Waals surface area contributed by atoms with E-state index in [0.717, 1.165) is 0 Å². The molecule has 0 N–H and O–H groups in total. The lowest BCUT2D eigenvalue weighted by atomic mass is 10.2. The molecule has 3 aromatic heterocycles. The van der Waals surface area contributed by atoms with E-state index in [9.17, 15) is 14.4 Å². The predicted molar refractivity (Wildman–Crippen MR) is 77.9 cm³/mol. The lowest BCUT2D eigenvalue weighted by Gasteiger charge is -2.30. The van der Waals surface area contributed by atoms with Crippen LogP contribution in [0.4, 0.5) is 0 Å². The third-order valence-corrected chi connectivity index (χ3v) is 3.87. The lowest BCUT2D eigenvalue weighted by Crippen LogP contribution is -2.25. The molecule has 0 aromatic carbocycles. The maximum atomic E-state index is 11.4. The maximum absolute atomic E-state index is 11.4. The van der Waals surface area contributed by atoms with Gasteiger partial charge in [-0.1, -0.05) is 12.1 Å². The summed E-state index contributed by atoms with van der Waals surface area (Å²) in [6.07, 6.45) is 3.14. The normalized spacial score (nSPS) is 11.4. The van der Waals surface area contributed by atoms with Crippen molar-refractivity contribution >= 4 is 12.9 Å². The fourth-order valence-corrected chi connectivity index (χ4v) is 2.53. The van der Waals surface area contributed by atoms with Crippen LogP contribution in [0.2, 0.25) is 0 Å². The summed E-state index contributed by atoms with van der Waals surface area (Å²) in [5, 5.41) is -0.330. The molecule has 0 atom stereocenters. The van der Waals surface area contributed by atoms with Crippen LogP contribution in [0, 0.1) is 0 Å². The van der Waals surface area contributed by atoms with Crippen LogP contribution in [-0.4, -0.2) is 15.0 Å². The fraction of sp³-hybridized carbons (Fsp3) is 0. The van der Waals surface area contributed by atoms with Crippen molar-refractivity contribution < 1.29 is 14.4 Å². The van der Waals surface area contributed by atoms with Crippen molar-refractivity contribution in [2.75, 3.05) is 0 Å². The first-order chi connectivity index (χ1) is 10.5. The van der Waals surface area contributed by atoms with Crippen LogP contribution >= 0.6 is 7.60 Å². The third-order valence-electron chi connectivity index (χ3n) is 2.98. The molecule has 0 unspecified atom stereocenters. The molecule has 3 aromatic rings. The molecule has 0 bridgehead atoms. The summed E-state index contributed by atoms with van der Waals surface area (Å²) < 4.78 is 11.4. The summed E-state index contributed by atoms with van der Waals surface area (Å²) in [4.78, 5) is 35.4. The second kappa shape index (κ2) is 5.77. The molecule has 6 nitrogen and oxygen atoms in total. The van der Waals surface area contributed by atoms with Gasteiger partial charge in [-0.05, 0) is 49.3 Å². The molecule has 3 rings (SSSR count). The molecule has 0 aliphatic rings. The van der Waals surface area contributed by atoms with Crippen molar-refractivity contribution in [1.82, 2.24) is 15.0 Å². The van der Waals surface area contributed by atoms with Gasteiger partial charge in [0.1, 0.15) is 0 Å². The van der Waals surface area contributed by atoms with E-state index in [-0.39, 0.29) is 5.30 Å². The molecule has 0 saturated heterocycles. The second-order valence-electron chi connectivity index (χ2n) is 4.52. The number of nitrogens with zero attached hydrogens (tertiary/aromatic N) is 3. The van der Waals surface area contributed by atoms with E-state index in [1.165, 1.54) is 12.1 Å². The van der Waals surface area contributed by atoms with Crippen LogP contribution < -0.4 is 15.1 Å². The largest absolute Gasteiger partial charge is 0.807 e. The Morgan fingerprint density at radius 3 is 1.64 bits per heavy atom. The zero-order valence-corrected chi connectivity index (χ0v) is 12.2. The van der Waals surface area contributed by atoms with Crippen molar-refractivity contribution in [2.24, 2.45) is 0 Å². The van der Waals surface area contributed by atoms with Crippen molar-refractivity contribution in [3.05, 3.63) is 60.9 Å². The van der Waals surface area contributed by atoms with Gasteiger partial charge in [-0.2, -0.15) is 0 Å². The predicted octanol–water partition coefficient (Wildman–Crippen LogP) is 0.745. The van der Waals surface area contributed by atoms with E-state index in [1.807, 2.05) is 0 Å². The number of rotatable bonds is 3. The monoisotopic (exact) mass is 311 g/mol. The van der Waals surface area contributed by atoms with Crippen LogP contribution in [0.15, 0.2) is 60.9 Å². The average Bonchev–Trinajstić information content (AvgIpc) is 2.55. The molecule has 22 heavy (non-hydrogen) atoms. The summed E-state index contributed by atoms with van der Waals surface area (Å²) in [6, 6.07) is 12.8. The third kappa shape index (κ3) is 3.09. The minimum absolute atomic E-state index is 0.311. The van der Waals surface area contributed by atoms with Gasteiger partial charge in [0.2, 0.25) is 0 Å². The molecule has 0 spiro atoms. The maximum Gasteiger partial charge on any atom is 0.0900 e. The Bertz CT molecular complexity index is 777. The Balaban J connectivity index is 2.21. The lowest BCUT2D eigenvalue weighted by molar-refractivity contribution is -0.307. The van der Waals surface area contributed by atoms with Crippen LogP contribution in [0.1, 0.15) is 0 Å². The molecule has 0 radical (unpaired) electrons. The van der Waals surface area contributed by atoms with E-state index in [1.54, 1.807) is 48.8 Å². The average molecular weight is 311 g/mol. The molecule has 0 aliphatic heterocycles. The van der Waals surface area contributed by atoms with Crippen molar-refractivity contribution in [1.29, 1.82) is 0 Å². The van der Waals surface area contributed by atoms with Gasteiger partial charge in [0, 0.05) is 12.4 Å². The van der Waals surface area contributed by atoms with Crippen molar-refractivity contribution in [2.45, 2.75) is 0 Å². The van der Waals surface area contributed by atoms with Crippen LogP contribution in [-0.2, 0) is 4.57 Å². The highest BCUT2D eigenvalue weighted by atomic mass is 31.2. The quantitative estimate of drug-likeness (QED) is 0.661. The Morgan fingerprint density at radius 1 is 0.773 bits per heavy atom. The topological polar surface area (TPSA) is 102 Å². The van der Waals surface area contributed by atoms with Gasteiger partial charge in [-0.15, -0.1) is 0 Å². The second-order valence-corrected chi connectivity index (χ2v) is 6.03. The Labute approximate surface area is 126 Å². The number of hydrogen-bond acceptors (Lipinski definition) is 6. The van der Waals surface area contributed by atoms with Crippen molar-refractivity contribution in [3.8, 4) is 22.8 Å².